The van der Waals surface area contributed by atoms with Crippen molar-refractivity contribution in [3.63, 3.8) is 0 Å². The minimum atomic E-state index is -1.47. The fourth-order valence-corrected chi connectivity index (χ4v) is 4.23. The fourth-order valence-electron chi connectivity index (χ4n) is 3.73. The Morgan fingerprint density at radius 2 is 1.30 bits per heavy atom. The third-order valence-electron chi connectivity index (χ3n) is 4.88. The van der Waals surface area contributed by atoms with Crippen LogP contribution in [0.25, 0.3) is 11.1 Å². The molecule has 3 aromatic rings. The molecule has 1 aliphatic rings. The fraction of sp³-hybridized carbons (Fsp3) is 0.154. The minimum absolute atomic E-state index is 0.232. The first-order chi connectivity index (χ1) is 13.0. The summed E-state index contributed by atoms with van der Waals surface area (Å²) in [6.07, 6.45) is 0. The van der Waals surface area contributed by atoms with E-state index in [-0.39, 0.29) is 5.92 Å². The molecule has 0 amide bonds. The monoisotopic (exact) mass is 364 g/mol. The average Bonchev–Trinajstić information content (AvgIpc) is 3.01. The molecule has 0 spiro atoms. The van der Waals surface area contributed by atoms with E-state index >= 15 is 0 Å². The van der Waals surface area contributed by atoms with Gasteiger partial charge in [-0.2, -0.15) is 0 Å². The van der Waals surface area contributed by atoms with Crippen LogP contribution < -0.4 is 0 Å². The number of rotatable bonds is 2. The second-order valence-electron chi connectivity index (χ2n) is 8.09. The molecule has 0 saturated heterocycles. The zero-order valence-corrected chi connectivity index (χ0v) is 17.2. The van der Waals surface area contributed by atoms with E-state index in [1.165, 1.54) is 33.4 Å². The lowest BCUT2D eigenvalue weighted by atomic mass is 9.85. The van der Waals surface area contributed by atoms with E-state index in [4.69, 9.17) is 0 Å². The van der Waals surface area contributed by atoms with Gasteiger partial charge in [0.15, 0.2) is 0 Å². The number of hydrogen-bond acceptors (Lipinski definition) is 0. The van der Waals surface area contributed by atoms with Crippen molar-refractivity contribution in [2.24, 2.45) is 0 Å². The van der Waals surface area contributed by atoms with Crippen molar-refractivity contribution < 1.29 is 0 Å². The van der Waals surface area contributed by atoms with Crippen molar-refractivity contribution in [2.45, 2.75) is 25.6 Å². The van der Waals surface area contributed by atoms with Crippen LogP contribution in [0.4, 0.5) is 0 Å². The molecule has 0 aromatic heterocycles. The van der Waals surface area contributed by atoms with Gasteiger partial charge >= 0.3 is 0 Å². The molecule has 1 aliphatic carbocycles. The van der Waals surface area contributed by atoms with Crippen LogP contribution in [0.3, 0.4) is 0 Å². The molecule has 1 atom stereocenters. The van der Waals surface area contributed by atoms with Crippen molar-refractivity contribution in [1.82, 2.24) is 0 Å². The van der Waals surface area contributed by atoms with Gasteiger partial charge < -0.3 is 0 Å². The van der Waals surface area contributed by atoms with Crippen LogP contribution in [0.1, 0.15) is 28.2 Å². The molecule has 4 rings (SSSR count). The molecule has 1 heteroatoms. The Balaban J connectivity index is 2.02. The van der Waals surface area contributed by atoms with Crippen molar-refractivity contribution in [3.05, 3.63) is 107 Å². The van der Waals surface area contributed by atoms with Gasteiger partial charge in [0.1, 0.15) is 8.07 Å². The summed E-state index contributed by atoms with van der Waals surface area (Å²) in [5, 5.41) is 0. The highest BCUT2D eigenvalue weighted by molar-refractivity contribution is 6.84. The Kier molecular flexibility index (Phi) is 4.60. The van der Waals surface area contributed by atoms with Gasteiger partial charge in [-0.15, -0.1) is 5.54 Å². The molecule has 0 radical (unpaired) electrons. The van der Waals surface area contributed by atoms with E-state index in [0.717, 1.165) is 0 Å². The Morgan fingerprint density at radius 1 is 0.704 bits per heavy atom. The largest absolute Gasteiger partial charge is 0.129 e. The quantitative estimate of drug-likeness (QED) is 0.354. The summed E-state index contributed by atoms with van der Waals surface area (Å²) in [6, 6.07) is 30.3. The van der Waals surface area contributed by atoms with Crippen LogP contribution in [-0.2, 0) is 0 Å². The Morgan fingerprint density at radius 3 is 1.96 bits per heavy atom. The maximum atomic E-state index is 3.62. The lowest BCUT2D eigenvalue weighted by Crippen LogP contribution is -2.16. The van der Waals surface area contributed by atoms with Crippen LogP contribution in [0.2, 0.25) is 19.6 Å². The molecule has 132 valence electrons. The summed E-state index contributed by atoms with van der Waals surface area (Å²) < 4.78 is 0. The second-order valence-corrected chi connectivity index (χ2v) is 12.8. The molecule has 0 nitrogen and oxygen atoms in total. The number of hydrogen-bond donors (Lipinski definition) is 0. The molecular formula is C26H24Si. The SMILES string of the molecule is C[Si](C)(C)C#CC1=C(c2ccccc2)C(c2ccccc2)c2ccccc21. The topological polar surface area (TPSA) is 0 Å². The summed E-state index contributed by atoms with van der Waals surface area (Å²) >= 11 is 0. The predicted molar refractivity (Wildman–Crippen MR) is 119 cm³/mol. The van der Waals surface area contributed by atoms with Gasteiger partial charge in [-0.1, -0.05) is 110 Å². The van der Waals surface area contributed by atoms with Gasteiger partial charge in [0.05, 0.1) is 0 Å². The molecular weight excluding hydrogens is 340 g/mol. The standard InChI is InChI=1S/C26H24Si/c1-27(2,3)19-18-24-22-16-10-11-17-23(22)25(20-12-6-4-7-13-20)26(24)21-14-8-5-9-15-21/h4-17,25H,1-3H3. The summed E-state index contributed by atoms with van der Waals surface area (Å²) in [4.78, 5) is 0. The number of benzene rings is 3. The molecule has 0 bridgehead atoms. The van der Waals surface area contributed by atoms with E-state index in [9.17, 15) is 0 Å². The average molecular weight is 365 g/mol. The van der Waals surface area contributed by atoms with Crippen molar-refractivity contribution in [3.8, 4) is 11.5 Å². The summed E-state index contributed by atoms with van der Waals surface area (Å²) in [5.74, 6) is 3.85. The molecule has 0 saturated carbocycles. The normalized spacial score (nSPS) is 15.9. The van der Waals surface area contributed by atoms with Gasteiger partial charge in [0.25, 0.3) is 0 Å². The van der Waals surface area contributed by atoms with E-state index in [2.05, 4.69) is 116 Å². The third kappa shape index (κ3) is 3.54. The number of fused-ring (bicyclic) bond motifs is 1. The first-order valence-electron chi connectivity index (χ1n) is 9.51. The molecule has 0 fully saturated rings. The zero-order chi connectivity index (χ0) is 18.9. The Hall–Kier alpha value is -2.82. The van der Waals surface area contributed by atoms with Crippen LogP contribution in [0, 0.1) is 11.5 Å². The van der Waals surface area contributed by atoms with Crippen LogP contribution >= 0.6 is 0 Å². The van der Waals surface area contributed by atoms with Gasteiger partial charge in [-0.3, -0.25) is 0 Å². The molecule has 1 unspecified atom stereocenters. The second kappa shape index (κ2) is 7.06. The van der Waals surface area contributed by atoms with E-state index in [1.54, 1.807) is 0 Å². The lowest BCUT2D eigenvalue weighted by molar-refractivity contribution is 1.07. The first kappa shape index (κ1) is 17.6. The van der Waals surface area contributed by atoms with E-state index in [0.29, 0.717) is 0 Å². The maximum Gasteiger partial charge on any atom is 0.129 e. The predicted octanol–water partition coefficient (Wildman–Crippen LogP) is 6.62. The highest BCUT2D eigenvalue weighted by atomic mass is 28.3. The molecule has 3 aromatic carbocycles. The Labute approximate surface area is 163 Å². The first-order valence-corrected chi connectivity index (χ1v) is 13.0. The smallest absolute Gasteiger partial charge is 0.127 e. The van der Waals surface area contributed by atoms with Gasteiger partial charge in [-0.25, -0.2) is 0 Å². The zero-order valence-electron chi connectivity index (χ0n) is 16.2. The highest BCUT2D eigenvalue weighted by Crippen LogP contribution is 2.49. The van der Waals surface area contributed by atoms with Gasteiger partial charge in [-0.05, 0) is 27.8 Å². The van der Waals surface area contributed by atoms with Gasteiger partial charge in [0.2, 0.25) is 0 Å². The van der Waals surface area contributed by atoms with E-state index < -0.39 is 8.07 Å². The summed E-state index contributed by atoms with van der Waals surface area (Å²) in [6.45, 7) is 6.91. The number of allylic oxidation sites excluding steroid dienone is 2. The van der Waals surface area contributed by atoms with Crippen molar-refractivity contribution >= 4 is 19.2 Å². The lowest BCUT2D eigenvalue weighted by Gasteiger charge is -2.18. The molecule has 27 heavy (non-hydrogen) atoms. The Bertz CT molecular complexity index is 1040. The molecule has 0 heterocycles. The van der Waals surface area contributed by atoms with Crippen molar-refractivity contribution in [1.29, 1.82) is 0 Å². The maximum absolute atomic E-state index is 3.62. The van der Waals surface area contributed by atoms with Crippen LogP contribution in [0.15, 0.2) is 84.9 Å². The highest BCUT2D eigenvalue weighted by Gasteiger charge is 2.32. The van der Waals surface area contributed by atoms with Crippen LogP contribution in [-0.4, -0.2) is 8.07 Å². The van der Waals surface area contributed by atoms with Gasteiger partial charge in [0, 0.05) is 11.5 Å². The molecule has 0 aliphatic heterocycles. The van der Waals surface area contributed by atoms with Crippen LogP contribution in [0.5, 0.6) is 0 Å². The van der Waals surface area contributed by atoms with E-state index in [1.807, 2.05) is 0 Å². The van der Waals surface area contributed by atoms with Crippen molar-refractivity contribution in [2.75, 3.05) is 0 Å². The minimum Gasteiger partial charge on any atom is -0.127 e. The summed E-state index contributed by atoms with van der Waals surface area (Å²) in [5.41, 5.74) is 11.4. The third-order valence-corrected chi connectivity index (χ3v) is 5.75. The summed E-state index contributed by atoms with van der Waals surface area (Å²) in [7, 11) is -1.47. The molecule has 0 N–H and O–H groups in total.